The summed E-state index contributed by atoms with van der Waals surface area (Å²) in [4.78, 5) is 17.6. The summed E-state index contributed by atoms with van der Waals surface area (Å²) in [6.45, 7) is 10.2. The van der Waals surface area contributed by atoms with Gasteiger partial charge in [-0.1, -0.05) is 36.4 Å². The van der Waals surface area contributed by atoms with Crippen molar-refractivity contribution >= 4 is 23.2 Å². The lowest BCUT2D eigenvalue weighted by atomic mass is 9.92. The zero-order chi connectivity index (χ0) is 23.3. The molecule has 2 atom stereocenters. The Morgan fingerprint density at radius 2 is 2.00 bits per heavy atom. The van der Waals surface area contributed by atoms with Crippen LogP contribution in [0.5, 0.6) is 0 Å². The maximum atomic E-state index is 13.9. The highest BCUT2D eigenvalue weighted by Crippen LogP contribution is 2.39. The van der Waals surface area contributed by atoms with E-state index in [-0.39, 0.29) is 11.2 Å². The minimum absolute atomic E-state index is 0.00892. The number of halogens is 2. The van der Waals surface area contributed by atoms with Crippen LogP contribution in [0, 0.1) is 17.6 Å². The van der Waals surface area contributed by atoms with E-state index in [0.717, 1.165) is 29.0 Å². The average Bonchev–Trinajstić information content (AvgIpc) is 3.22. The minimum Gasteiger partial charge on any atom is -0.444 e. The van der Waals surface area contributed by atoms with Crippen LogP contribution in [0.4, 0.5) is 8.78 Å². The second-order valence-corrected chi connectivity index (χ2v) is 9.16. The van der Waals surface area contributed by atoms with Gasteiger partial charge in [-0.2, -0.15) is 0 Å². The molecule has 2 unspecified atom stereocenters. The monoisotopic (exact) mass is 456 g/mol. The summed E-state index contributed by atoms with van der Waals surface area (Å²) in [5.41, 5.74) is 2.01. The maximum absolute atomic E-state index is 13.9. The largest absolute Gasteiger partial charge is 0.444 e. The van der Waals surface area contributed by atoms with Gasteiger partial charge in [0, 0.05) is 22.4 Å². The van der Waals surface area contributed by atoms with E-state index in [9.17, 15) is 13.6 Å². The zero-order valence-electron chi connectivity index (χ0n) is 18.3. The Morgan fingerprint density at radius 1 is 1.28 bits per heavy atom. The molecule has 1 N–H and O–H groups in total. The number of nitrogens with one attached hydrogen (secondary N) is 1. The van der Waals surface area contributed by atoms with E-state index in [2.05, 4.69) is 42.9 Å². The number of amides is 1. The van der Waals surface area contributed by atoms with Crippen molar-refractivity contribution < 1.29 is 18.0 Å². The number of rotatable bonds is 7. The molecule has 0 aliphatic carbocycles. The summed E-state index contributed by atoms with van der Waals surface area (Å²) < 4.78 is 33.3. The first-order chi connectivity index (χ1) is 15.3. The van der Waals surface area contributed by atoms with E-state index in [0.29, 0.717) is 18.5 Å². The standard InChI is InChI=1S/C25H26F2N2O2S/c1-5-19(29-25(30)24-21(26)7-6-8-22(24)27)10-9-15(2)18-11-16(3)32-17(4)20(12-18)23-13-28-14-31-23/h5-8,11-14,17-18H,2,9-10H2,1,3-4H3,(H,29,30). The molecule has 2 heterocycles. The van der Waals surface area contributed by atoms with Gasteiger partial charge in [0.05, 0.1) is 6.20 Å². The zero-order valence-corrected chi connectivity index (χ0v) is 19.1. The van der Waals surface area contributed by atoms with E-state index < -0.39 is 23.1 Å². The molecule has 2 aromatic rings. The van der Waals surface area contributed by atoms with E-state index in [1.165, 1.54) is 17.4 Å². The van der Waals surface area contributed by atoms with Gasteiger partial charge in [-0.25, -0.2) is 13.8 Å². The molecule has 32 heavy (non-hydrogen) atoms. The first kappa shape index (κ1) is 23.7. The molecule has 0 saturated heterocycles. The van der Waals surface area contributed by atoms with Crippen LogP contribution in [0.2, 0.25) is 0 Å². The van der Waals surface area contributed by atoms with Crippen LogP contribution in [0.1, 0.15) is 49.7 Å². The summed E-state index contributed by atoms with van der Waals surface area (Å²) in [6, 6.07) is 3.35. The average molecular weight is 457 g/mol. The van der Waals surface area contributed by atoms with Crippen LogP contribution in [0.3, 0.4) is 0 Å². The molecule has 0 saturated carbocycles. The Labute approximate surface area is 191 Å². The summed E-state index contributed by atoms with van der Waals surface area (Å²) in [5.74, 6) is -1.86. The highest BCUT2D eigenvalue weighted by atomic mass is 32.2. The fourth-order valence-corrected chi connectivity index (χ4v) is 4.66. The van der Waals surface area contributed by atoms with Crippen LogP contribution in [-0.2, 0) is 0 Å². The molecule has 1 aliphatic rings. The van der Waals surface area contributed by atoms with Crippen molar-refractivity contribution in [1.82, 2.24) is 10.3 Å². The molecular weight excluding hydrogens is 430 g/mol. The van der Waals surface area contributed by atoms with Crippen molar-refractivity contribution in [3.05, 3.63) is 94.7 Å². The predicted octanol–water partition coefficient (Wildman–Crippen LogP) is 6.66. The van der Waals surface area contributed by atoms with Crippen LogP contribution in [0.25, 0.3) is 5.57 Å². The number of nitrogens with zero attached hydrogens (tertiary/aromatic N) is 1. The molecule has 0 spiro atoms. The van der Waals surface area contributed by atoms with Gasteiger partial charge in [0.15, 0.2) is 12.2 Å². The van der Waals surface area contributed by atoms with Crippen LogP contribution < -0.4 is 5.32 Å². The highest BCUT2D eigenvalue weighted by Gasteiger charge is 2.22. The summed E-state index contributed by atoms with van der Waals surface area (Å²) in [5, 5.41) is 2.83. The van der Waals surface area contributed by atoms with E-state index in [1.54, 1.807) is 31.0 Å². The van der Waals surface area contributed by atoms with Gasteiger partial charge in [-0.15, -0.1) is 11.8 Å². The van der Waals surface area contributed by atoms with Crippen molar-refractivity contribution in [3.8, 4) is 0 Å². The van der Waals surface area contributed by atoms with Crippen molar-refractivity contribution in [2.75, 3.05) is 0 Å². The van der Waals surface area contributed by atoms with Gasteiger partial charge < -0.3 is 9.73 Å². The van der Waals surface area contributed by atoms with E-state index >= 15 is 0 Å². The Hall–Kier alpha value is -2.93. The lowest BCUT2D eigenvalue weighted by Gasteiger charge is -2.16. The van der Waals surface area contributed by atoms with Gasteiger partial charge >= 0.3 is 0 Å². The lowest BCUT2D eigenvalue weighted by molar-refractivity contribution is 0.0956. The molecule has 7 heteroatoms. The maximum Gasteiger partial charge on any atom is 0.261 e. The van der Waals surface area contributed by atoms with E-state index in [1.807, 2.05) is 0 Å². The lowest BCUT2D eigenvalue weighted by Crippen LogP contribution is -2.25. The summed E-state index contributed by atoms with van der Waals surface area (Å²) >= 11 is 1.75. The number of thioether (sulfide) groups is 1. The van der Waals surface area contributed by atoms with Crippen molar-refractivity contribution in [1.29, 1.82) is 0 Å². The molecule has 0 fully saturated rings. The predicted molar refractivity (Wildman–Crippen MR) is 125 cm³/mol. The second kappa shape index (κ2) is 10.6. The van der Waals surface area contributed by atoms with Crippen LogP contribution in [-0.4, -0.2) is 16.1 Å². The Kier molecular flexibility index (Phi) is 7.85. The van der Waals surface area contributed by atoms with Gasteiger partial charge in [0.25, 0.3) is 5.91 Å². The molecule has 3 rings (SSSR count). The Bertz CT molecular complexity index is 1070. The number of aromatic nitrogens is 1. The number of allylic oxidation sites excluding steroid dienone is 6. The van der Waals surface area contributed by atoms with E-state index in [4.69, 9.17) is 4.42 Å². The van der Waals surface area contributed by atoms with Gasteiger partial charge in [-0.3, -0.25) is 4.79 Å². The Morgan fingerprint density at radius 3 is 2.62 bits per heavy atom. The van der Waals surface area contributed by atoms with Crippen molar-refractivity contribution in [2.45, 2.75) is 38.9 Å². The molecule has 0 bridgehead atoms. The highest BCUT2D eigenvalue weighted by molar-refractivity contribution is 8.04. The fourth-order valence-electron chi connectivity index (χ4n) is 3.55. The first-order valence-electron chi connectivity index (χ1n) is 10.3. The Balaban J connectivity index is 1.70. The normalized spacial score (nSPS) is 19.1. The number of benzene rings is 1. The summed E-state index contributed by atoms with van der Waals surface area (Å²) in [7, 11) is 0. The molecule has 0 radical (unpaired) electrons. The minimum atomic E-state index is -0.891. The first-order valence-corrected chi connectivity index (χ1v) is 11.2. The molecular formula is C25H26F2N2O2S. The van der Waals surface area contributed by atoms with Crippen LogP contribution >= 0.6 is 11.8 Å². The summed E-state index contributed by atoms with van der Waals surface area (Å²) in [6.07, 6.45) is 10.2. The van der Waals surface area contributed by atoms with Crippen LogP contribution in [0.15, 0.2) is 76.2 Å². The molecule has 1 aromatic heterocycles. The fraction of sp³-hybridized carbons (Fsp3) is 0.280. The molecule has 1 aromatic carbocycles. The smallest absolute Gasteiger partial charge is 0.261 e. The molecule has 1 amide bonds. The third-order valence-corrected chi connectivity index (χ3v) is 6.41. The van der Waals surface area contributed by atoms with Crippen molar-refractivity contribution in [2.24, 2.45) is 5.92 Å². The number of oxazole rings is 1. The third-order valence-electron chi connectivity index (χ3n) is 5.29. The third kappa shape index (κ3) is 5.65. The van der Waals surface area contributed by atoms with Gasteiger partial charge in [0.2, 0.25) is 0 Å². The van der Waals surface area contributed by atoms with Gasteiger partial charge in [-0.05, 0) is 50.7 Å². The second-order valence-electron chi connectivity index (χ2n) is 7.57. The SMILES string of the molecule is C=C(CCC(=CC)NC(=O)c1c(F)cccc1F)C1C=C(C)SC(C)C(c2cnco2)=C1. The van der Waals surface area contributed by atoms with Gasteiger partial charge in [0.1, 0.15) is 17.2 Å². The number of carbonyl (C=O) groups is 1. The topological polar surface area (TPSA) is 55.1 Å². The number of hydrogen-bond donors (Lipinski definition) is 1. The van der Waals surface area contributed by atoms with Crippen molar-refractivity contribution in [3.63, 3.8) is 0 Å². The number of hydrogen-bond acceptors (Lipinski definition) is 4. The number of carbonyl (C=O) groups excluding carboxylic acids is 1. The molecule has 168 valence electrons. The molecule has 1 aliphatic heterocycles. The molecule has 4 nitrogen and oxygen atoms in total. The quantitative estimate of drug-likeness (QED) is 0.473.